The molecule has 0 aliphatic carbocycles. The Balaban J connectivity index is 0.00000261. The SMILES string of the molecule is CN=C(NCCN1CC(C)CC(C)C1)N1CCN(c2ccccn2)CC1.I. The molecule has 2 unspecified atom stereocenters. The molecule has 27 heavy (non-hydrogen) atoms. The molecule has 0 amide bonds. The van der Waals surface area contributed by atoms with E-state index in [9.17, 15) is 0 Å². The molecule has 0 aromatic carbocycles. The van der Waals surface area contributed by atoms with Crippen LogP contribution < -0.4 is 10.2 Å². The molecule has 0 spiro atoms. The Bertz CT molecular complexity index is 563. The van der Waals surface area contributed by atoms with Crippen LogP contribution in [-0.4, -0.2) is 80.1 Å². The van der Waals surface area contributed by atoms with Crippen LogP contribution >= 0.6 is 24.0 Å². The van der Waals surface area contributed by atoms with Gasteiger partial charge in [0, 0.05) is 65.6 Å². The maximum Gasteiger partial charge on any atom is 0.193 e. The molecule has 3 rings (SSSR count). The van der Waals surface area contributed by atoms with Crippen molar-refractivity contribution in [1.29, 1.82) is 0 Å². The third-order valence-electron chi connectivity index (χ3n) is 5.42. The lowest BCUT2D eigenvalue weighted by atomic mass is 9.92. The summed E-state index contributed by atoms with van der Waals surface area (Å²) < 4.78 is 0. The van der Waals surface area contributed by atoms with Crippen LogP contribution in [0.3, 0.4) is 0 Å². The van der Waals surface area contributed by atoms with Crippen molar-refractivity contribution in [2.75, 3.05) is 64.3 Å². The van der Waals surface area contributed by atoms with Crippen molar-refractivity contribution in [3.8, 4) is 0 Å². The zero-order valence-corrected chi connectivity index (χ0v) is 19.3. The Morgan fingerprint density at radius 3 is 2.44 bits per heavy atom. The van der Waals surface area contributed by atoms with Crippen LogP contribution in [0.2, 0.25) is 0 Å². The molecule has 0 radical (unpaired) electrons. The first kappa shape index (κ1) is 22.2. The van der Waals surface area contributed by atoms with Crippen LogP contribution in [-0.2, 0) is 0 Å². The van der Waals surface area contributed by atoms with Gasteiger partial charge in [-0.3, -0.25) is 4.99 Å². The van der Waals surface area contributed by atoms with Gasteiger partial charge in [0.25, 0.3) is 0 Å². The number of nitrogens with one attached hydrogen (secondary N) is 1. The van der Waals surface area contributed by atoms with Gasteiger partial charge in [-0.2, -0.15) is 0 Å². The second kappa shape index (κ2) is 11.0. The van der Waals surface area contributed by atoms with E-state index in [1.54, 1.807) is 0 Å². The summed E-state index contributed by atoms with van der Waals surface area (Å²) in [5, 5.41) is 3.57. The van der Waals surface area contributed by atoms with Crippen LogP contribution in [0, 0.1) is 11.8 Å². The van der Waals surface area contributed by atoms with Gasteiger partial charge < -0.3 is 20.0 Å². The molecule has 0 bridgehead atoms. The lowest BCUT2D eigenvalue weighted by Gasteiger charge is -2.38. The number of likely N-dealkylation sites (tertiary alicyclic amines) is 1. The largest absolute Gasteiger partial charge is 0.355 e. The van der Waals surface area contributed by atoms with Crippen molar-refractivity contribution in [3.63, 3.8) is 0 Å². The Morgan fingerprint density at radius 1 is 1.15 bits per heavy atom. The number of aliphatic imine (C=N–C) groups is 1. The normalized spacial score (nSPS) is 24.5. The molecule has 7 heteroatoms. The third kappa shape index (κ3) is 6.48. The van der Waals surface area contributed by atoms with E-state index in [0.717, 1.165) is 62.9 Å². The molecule has 2 aliphatic rings. The van der Waals surface area contributed by atoms with Crippen molar-refractivity contribution in [3.05, 3.63) is 24.4 Å². The predicted molar refractivity (Wildman–Crippen MR) is 124 cm³/mol. The highest BCUT2D eigenvalue weighted by molar-refractivity contribution is 14.0. The number of halogens is 1. The summed E-state index contributed by atoms with van der Waals surface area (Å²) in [7, 11) is 1.89. The summed E-state index contributed by atoms with van der Waals surface area (Å²) in [6, 6.07) is 6.11. The summed E-state index contributed by atoms with van der Waals surface area (Å²) in [6.07, 6.45) is 3.23. The minimum absolute atomic E-state index is 0. The standard InChI is InChI=1S/C20H34N6.HI/c1-17-14-18(2)16-24(15-17)9-8-23-20(21-3)26-12-10-25(11-13-26)19-6-4-5-7-22-19;/h4-7,17-18H,8-16H2,1-3H3,(H,21,23);1H. The lowest BCUT2D eigenvalue weighted by Crippen LogP contribution is -2.53. The first-order valence-corrected chi connectivity index (χ1v) is 9.99. The van der Waals surface area contributed by atoms with E-state index in [1.807, 2.05) is 19.3 Å². The van der Waals surface area contributed by atoms with Gasteiger partial charge in [0.1, 0.15) is 5.82 Å². The van der Waals surface area contributed by atoms with E-state index in [-0.39, 0.29) is 24.0 Å². The van der Waals surface area contributed by atoms with E-state index in [4.69, 9.17) is 0 Å². The molecule has 2 saturated heterocycles. The minimum atomic E-state index is 0. The molecule has 2 aliphatic heterocycles. The number of nitrogens with zero attached hydrogens (tertiary/aromatic N) is 5. The Morgan fingerprint density at radius 2 is 1.85 bits per heavy atom. The number of anilines is 1. The Hall–Kier alpha value is -1.09. The lowest BCUT2D eigenvalue weighted by molar-refractivity contribution is 0.143. The second-order valence-electron chi connectivity index (χ2n) is 7.84. The van der Waals surface area contributed by atoms with Crippen molar-refractivity contribution in [2.24, 2.45) is 16.8 Å². The third-order valence-corrected chi connectivity index (χ3v) is 5.42. The summed E-state index contributed by atoms with van der Waals surface area (Å²) in [4.78, 5) is 16.3. The first-order chi connectivity index (χ1) is 12.7. The van der Waals surface area contributed by atoms with E-state index in [0.29, 0.717) is 0 Å². The van der Waals surface area contributed by atoms with Crippen molar-refractivity contribution < 1.29 is 0 Å². The number of hydrogen-bond acceptors (Lipinski definition) is 4. The van der Waals surface area contributed by atoms with E-state index in [1.165, 1.54) is 19.5 Å². The fourth-order valence-corrected chi connectivity index (χ4v) is 4.32. The van der Waals surface area contributed by atoms with E-state index < -0.39 is 0 Å². The van der Waals surface area contributed by atoms with Crippen LogP contribution in [0.5, 0.6) is 0 Å². The zero-order chi connectivity index (χ0) is 18.4. The van der Waals surface area contributed by atoms with Crippen LogP contribution in [0.25, 0.3) is 0 Å². The van der Waals surface area contributed by atoms with Gasteiger partial charge in [0.2, 0.25) is 0 Å². The number of rotatable bonds is 4. The molecular weight excluding hydrogens is 451 g/mol. The highest BCUT2D eigenvalue weighted by Gasteiger charge is 2.22. The van der Waals surface area contributed by atoms with E-state index in [2.05, 4.69) is 56.0 Å². The number of pyridine rings is 1. The molecule has 152 valence electrons. The van der Waals surface area contributed by atoms with Crippen molar-refractivity contribution in [2.45, 2.75) is 20.3 Å². The zero-order valence-electron chi connectivity index (χ0n) is 17.0. The molecule has 1 aromatic heterocycles. The molecular formula is C20H35IN6. The number of aromatic nitrogens is 1. The van der Waals surface area contributed by atoms with Gasteiger partial charge in [0.05, 0.1) is 0 Å². The van der Waals surface area contributed by atoms with Gasteiger partial charge in [-0.1, -0.05) is 19.9 Å². The first-order valence-electron chi connectivity index (χ1n) is 9.99. The molecule has 1 N–H and O–H groups in total. The predicted octanol–water partition coefficient (Wildman–Crippen LogP) is 2.37. The van der Waals surface area contributed by atoms with Gasteiger partial charge in [-0.15, -0.1) is 24.0 Å². The molecule has 1 aromatic rings. The average molecular weight is 486 g/mol. The number of piperidine rings is 1. The number of piperazine rings is 1. The van der Waals surface area contributed by atoms with Crippen LogP contribution in [0.4, 0.5) is 5.82 Å². The maximum absolute atomic E-state index is 4.50. The topological polar surface area (TPSA) is 47.0 Å². The summed E-state index contributed by atoms with van der Waals surface area (Å²) in [6.45, 7) is 13.2. The van der Waals surface area contributed by atoms with Gasteiger partial charge in [0.15, 0.2) is 5.96 Å². The van der Waals surface area contributed by atoms with Gasteiger partial charge in [-0.05, 0) is 30.4 Å². The molecule has 6 nitrogen and oxygen atoms in total. The summed E-state index contributed by atoms with van der Waals surface area (Å²) in [5.74, 6) is 3.74. The maximum atomic E-state index is 4.50. The van der Waals surface area contributed by atoms with Crippen LogP contribution in [0.1, 0.15) is 20.3 Å². The van der Waals surface area contributed by atoms with Gasteiger partial charge in [-0.25, -0.2) is 4.98 Å². The van der Waals surface area contributed by atoms with Crippen LogP contribution in [0.15, 0.2) is 29.4 Å². The van der Waals surface area contributed by atoms with Gasteiger partial charge >= 0.3 is 0 Å². The smallest absolute Gasteiger partial charge is 0.193 e. The summed E-state index contributed by atoms with van der Waals surface area (Å²) in [5.41, 5.74) is 0. The van der Waals surface area contributed by atoms with Crippen molar-refractivity contribution >= 4 is 35.8 Å². The highest BCUT2D eigenvalue weighted by Crippen LogP contribution is 2.20. The minimum Gasteiger partial charge on any atom is -0.355 e. The Kier molecular flexibility index (Phi) is 9.08. The molecule has 2 atom stereocenters. The fourth-order valence-electron chi connectivity index (χ4n) is 4.32. The number of guanidine groups is 1. The molecule has 3 heterocycles. The van der Waals surface area contributed by atoms with Crippen molar-refractivity contribution in [1.82, 2.24) is 20.1 Å². The Labute approximate surface area is 181 Å². The fraction of sp³-hybridized carbons (Fsp3) is 0.700. The number of hydrogen-bond donors (Lipinski definition) is 1. The molecule has 2 fully saturated rings. The average Bonchev–Trinajstić information content (AvgIpc) is 2.65. The van der Waals surface area contributed by atoms with E-state index >= 15 is 0 Å². The summed E-state index contributed by atoms with van der Waals surface area (Å²) >= 11 is 0. The molecule has 0 saturated carbocycles. The second-order valence-corrected chi connectivity index (χ2v) is 7.84. The monoisotopic (exact) mass is 486 g/mol. The quantitative estimate of drug-likeness (QED) is 0.403. The highest BCUT2D eigenvalue weighted by atomic mass is 127.